The number of anilines is 2. The fourth-order valence-electron chi connectivity index (χ4n) is 1.85. The van der Waals surface area contributed by atoms with Gasteiger partial charge in [0.1, 0.15) is 0 Å². The Morgan fingerprint density at radius 3 is 2.00 bits per heavy atom. The zero-order valence-corrected chi connectivity index (χ0v) is 14.8. The number of hydrogen-bond donors (Lipinski definition) is 2. The van der Waals surface area contributed by atoms with E-state index in [-0.39, 0.29) is 16.3 Å². The molecule has 0 spiro atoms. The van der Waals surface area contributed by atoms with E-state index in [1.807, 2.05) is 0 Å². The number of rotatable bonds is 5. The van der Waals surface area contributed by atoms with E-state index in [1.165, 1.54) is 30.3 Å². The molecule has 2 aromatic rings. The van der Waals surface area contributed by atoms with Crippen LogP contribution in [0.5, 0.6) is 0 Å². The molecule has 0 fully saturated rings. The molecule has 0 saturated heterocycles. The number of halogens is 1. The maximum atomic E-state index is 12.5. The Hall–Kier alpha value is -1.77. The van der Waals surface area contributed by atoms with Crippen molar-refractivity contribution >= 4 is 43.0 Å². The standard InChI is InChI=1S/C14H15ClN2O4S2/c1-10-9-11(7-8-12(10)15)23(20,21)17-14-6-4-3-5-13(14)16-22(2,18)19/h3-9,16-17H,1-2H3. The number of para-hydroxylation sites is 2. The van der Waals surface area contributed by atoms with Crippen LogP contribution in [0, 0.1) is 6.92 Å². The molecule has 2 rings (SSSR count). The van der Waals surface area contributed by atoms with Crippen molar-refractivity contribution in [2.75, 3.05) is 15.7 Å². The first-order valence-electron chi connectivity index (χ1n) is 6.44. The van der Waals surface area contributed by atoms with Gasteiger partial charge in [0.25, 0.3) is 10.0 Å². The summed E-state index contributed by atoms with van der Waals surface area (Å²) in [5.74, 6) is 0. The Bertz CT molecular complexity index is 941. The Morgan fingerprint density at radius 2 is 1.48 bits per heavy atom. The highest BCUT2D eigenvalue weighted by Gasteiger charge is 2.17. The third-order valence-corrected chi connectivity index (χ3v) is 5.28. The monoisotopic (exact) mass is 374 g/mol. The molecule has 23 heavy (non-hydrogen) atoms. The van der Waals surface area contributed by atoms with E-state index in [0.29, 0.717) is 10.6 Å². The summed E-state index contributed by atoms with van der Waals surface area (Å²) in [6, 6.07) is 10.4. The average molecular weight is 375 g/mol. The van der Waals surface area contributed by atoms with E-state index in [4.69, 9.17) is 11.6 Å². The van der Waals surface area contributed by atoms with Crippen LogP contribution in [-0.2, 0) is 20.0 Å². The fraction of sp³-hybridized carbons (Fsp3) is 0.143. The molecule has 0 heterocycles. The molecule has 0 aromatic heterocycles. The van der Waals surface area contributed by atoms with Crippen molar-refractivity contribution in [3.63, 3.8) is 0 Å². The van der Waals surface area contributed by atoms with Crippen LogP contribution in [-0.4, -0.2) is 23.1 Å². The normalized spacial score (nSPS) is 12.0. The summed E-state index contributed by atoms with van der Waals surface area (Å²) in [4.78, 5) is 0.0357. The smallest absolute Gasteiger partial charge is 0.261 e. The summed E-state index contributed by atoms with van der Waals surface area (Å²) < 4.78 is 52.3. The third-order valence-electron chi connectivity index (χ3n) is 2.91. The van der Waals surface area contributed by atoms with Crippen molar-refractivity contribution in [2.24, 2.45) is 0 Å². The Kier molecular flexibility index (Phi) is 4.88. The SMILES string of the molecule is Cc1cc(S(=O)(=O)Nc2ccccc2NS(C)(=O)=O)ccc1Cl. The molecule has 0 amide bonds. The minimum Gasteiger partial charge on any atom is -0.282 e. The second kappa shape index (κ2) is 6.38. The van der Waals surface area contributed by atoms with Gasteiger partial charge in [0.15, 0.2) is 0 Å². The number of nitrogens with one attached hydrogen (secondary N) is 2. The highest BCUT2D eigenvalue weighted by Crippen LogP contribution is 2.26. The lowest BCUT2D eigenvalue weighted by molar-refractivity contribution is 0.600. The predicted molar refractivity (Wildman–Crippen MR) is 91.9 cm³/mol. The summed E-state index contributed by atoms with van der Waals surface area (Å²) in [6.07, 6.45) is 0.987. The van der Waals surface area contributed by atoms with E-state index < -0.39 is 20.0 Å². The molecule has 0 aliphatic rings. The minimum atomic E-state index is -3.87. The minimum absolute atomic E-state index is 0.0357. The Balaban J connectivity index is 2.40. The first-order valence-corrected chi connectivity index (χ1v) is 10.2. The van der Waals surface area contributed by atoms with Gasteiger partial charge in [-0.1, -0.05) is 23.7 Å². The molecule has 0 aliphatic heterocycles. The van der Waals surface area contributed by atoms with Gasteiger partial charge in [-0.25, -0.2) is 16.8 Å². The lowest BCUT2D eigenvalue weighted by Gasteiger charge is -2.13. The van der Waals surface area contributed by atoms with Gasteiger partial charge in [-0.3, -0.25) is 9.44 Å². The van der Waals surface area contributed by atoms with E-state index in [1.54, 1.807) is 19.1 Å². The van der Waals surface area contributed by atoms with E-state index in [0.717, 1.165) is 6.26 Å². The van der Waals surface area contributed by atoms with Crippen LogP contribution in [0.1, 0.15) is 5.56 Å². The van der Waals surface area contributed by atoms with Crippen LogP contribution in [0.3, 0.4) is 0 Å². The fourth-order valence-corrected chi connectivity index (χ4v) is 3.71. The molecule has 0 saturated carbocycles. The number of sulfonamides is 2. The summed E-state index contributed by atoms with van der Waals surface area (Å²) in [5.41, 5.74) is 0.895. The number of hydrogen-bond acceptors (Lipinski definition) is 4. The van der Waals surface area contributed by atoms with Crippen LogP contribution in [0.2, 0.25) is 5.02 Å². The zero-order chi connectivity index (χ0) is 17.3. The Labute approximate surface area is 140 Å². The van der Waals surface area contributed by atoms with Gasteiger partial charge in [0.2, 0.25) is 10.0 Å². The quantitative estimate of drug-likeness (QED) is 0.841. The third kappa shape index (κ3) is 4.60. The highest BCUT2D eigenvalue weighted by molar-refractivity contribution is 7.93. The summed E-state index contributed by atoms with van der Waals surface area (Å²) in [7, 11) is -7.41. The van der Waals surface area contributed by atoms with Gasteiger partial charge in [-0.15, -0.1) is 0 Å². The molecule has 0 aliphatic carbocycles. The second-order valence-corrected chi connectivity index (χ2v) is 8.77. The maximum Gasteiger partial charge on any atom is 0.261 e. The molecule has 0 bridgehead atoms. The average Bonchev–Trinajstić information content (AvgIpc) is 2.42. The number of aryl methyl sites for hydroxylation is 1. The van der Waals surface area contributed by atoms with Crippen molar-refractivity contribution in [1.29, 1.82) is 0 Å². The van der Waals surface area contributed by atoms with Crippen LogP contribution >= 0.6 is 11.6 Å². The van der Waals surface area contributed by atoms with Gasteiger partial charge in [0.05, 0.1) is 22.5 Å². The molecule has 2 N–H and O–H groups in total. The van der Waals surface area contributed by atoms with Gasteiger partial charge in [-0.05, 0) is 42.8 Å². The largest absolute Gasteiger partial charge is 0.282 e. The van der Waals surface area contributed by atoms with Crippen molar-refractivity contribution in [3.05, 3.63) is 53.1 Å². The molecule has 0 atom stereocenters. The lowest BCUT2D eigenvalue weighted by atomic mass is 10.2. The van der Waals surface area contributed by atoms with Crippen molar-refractivity contribution in [3.8, 4) is 0 Å². The van der Waals surface area contributed by atoms with Crippen molar-refractivity contribution in [2.45, 2.75) is 11.8 Å². The van der Waals surface area contributed by atoms with Crippen molar-refractivity contribution in [1.82, 2.24) is 0 Å². The van der Waals surface area contributed by atoms with Crippen LogP contribution in [0.15, 0.2) is 47.4 Å². The van der Waals surface area contributed by atoms with Crippen LogP contribution in [0.25, 0.3) is 0 Å². The van der Waals surface area contributed by atoms with Crippen molar-refractivity contribution < 1.29 is 16.8 Å². The lowest BCUT2D eigenvalue weighted by Crippen LogP contribution is -2.16. The van der Waals surface area contributed by atoms with Gasteiger partial charge < -0.3 is 0 Å². The molecule has 9 heteroatoms. The van der Waals surface area contributed by atoms with Gasteiger partial charge >= 0.3 is 0 Å². The summed E-state index contributed by atoms with van der Waals surface area (Å²) >= 11 is 5.90. The van der Waals surface area contributed by atoms with Crippen LogP contribution < -0.4 is 9.44 Å². The molecule has 2 aromatic carbocycles. The number of benzene rings is 2. The zero-order valence-electron chi connectivity index (χ0n) is 12.4. The van der Waals surface area contributed by atoms with Gasteiger partial charge in [-0.2, -0.15) is 0 Å². The van der Waals surface area contributed by atoms with E-state index in [2.05, 4.69) is 9.44 Å². The van der Waals surface area contributed by atoms with Crippen LogP contribution in [0.4, 0.5) is 11.4 Å². The first-order chi connectivity index (χ1) is 10.6. The topological polar surface area (TPSA) is 92.3 Å². The van der Waals surface area contributed by atoms with E-state index >= 15 is 0 Å². The molecular formula is C14H15ClN2O4S2. The first kappa shape index (κ1) is 17.6. The summed E-state index contributed by atoms with van der Waals surface area (Å²) in [5, 5.41) is 0.461. The molecule has 6 nitrogen and oxygen atoms in total. The Morgan fingerprint density at radius 1 is 0.913 bits per heavy atom. The second-order valence-electron chi connectivity index (χ2n) is 4.94. The van der Waals surface area contributed by atoms with E-state index in [9.17, 15) is 16.8 Å². The maximum absolute atomic E-state index is 12.5. The molecule has 124 valence electrons. The predicted octanol–water partition coefficient (Wildman–Crippen LogP) is 2.82. The summed E-state index contributed by atoms with van der Waals surface area (Å²) in [6.45, 7) is 1.69. The molecule has 0 radical (unpaired) electrons. The van der Waals surface area contributed by atoms with Gasteiger partial charge in [0, 0.05) is 5.02 Å². The highest BCUT2D eigenvalue weighted by atomic mass is 35.5. The molecular weight excluding hydrogens is 360 g/mol. The molecule has 0 unspecified atom stereocenters.